The van der Waals surface area contributed by atoms with Crippen LogP contribution in [0, 0.1) is 25.5 Å². The molecule has 0 fully saturated rings. The predicted molar refractivity (Wildman–Crippen MR) is 326 cm³/mol. The number of halogens is 2. The van der Waals surface area contributed by atoms with E-state index in [1.54, 1.807) is 0 Å². The Kier molecular flexibility index (Phi) is 17.1. The number of aryl methyl sites for hydroxylation is 2. The second-order valence-corrected chi connectivity index (χ2v) is 40.5. The number of phenols is 2. The molecule has 0 bridgehead atoms. The minimum absolute atomic E-state index is 0.00691. The van der Waals surface area contributed by atoms with E-state index in [1.807, 2.05) is 104 Å². The van der Waals surface area contributed by atoms with Crippen LogP contribution in [-0.4, -0.2) is 34.4 Å². The van der Waals surface area contributed by atoms with Gasteiger partial charge in [-0.15, -0.1) is 0 Å². The molecule has 0 spiro atoms. The number of phenolic OH excluding ortho intramolecular Hbond substituents is 2. The Bertz CT molecular complexity index is 2870. The molecule has 0 aliphatic heterocycles. The first-order valence-corrected chi connectivity index (χ1v) is 33.4. The Morgan fingerprint density at radius 2 is 0.675 bits per heavy atom. The van der Waals surface area contributed by atoms with E-state index in [2.05, 4.69) is 147 Å². The monoisotopic (exact) mass is 1110 g/mol. The van der Waals surface area contributed by atoms with Crippen molar-refractivity contribution in [2.24, 2.45) is 0 Å². The zero-order valence-electron chi connectivity index (χ0n) is 51.6. The van der Waals surface area contributed by atoms with Gasteiger partial charge in [0.25, 0.3) is 0 Å². The van der Waals surface area contributed by atoms with Crippen LogP contribution in [0.2, 0.25) is 9.50 Å². The third-order valence-electron chi connectivity index (χ3n) is 16.1. The number of rotatable bonds is 12. The minimum atomic E-state index is -3.51. The van der Waals surface area contributed by atoms with Crippen molar-refractivity contribution >= 4 is 13.3 Å². The van der Waals surface area contributed by atoms with Gasteiger partial charge in [0.1, 0.15) is 0 Å². The van der Waals surface area contributed by atoms with Crippen molar-refractivity contribution in [3.63, 3.8) is 0 Å². The molecular formula is C70H94F2GeO4. The third-order valence-corrected chi connectivity index (χ3v) is 28.6. The average molecular weight is 1110 g/mol. The van der Waals surface area contributed by atoms with Crippen molar-refractivity contribution in [1.82, 2.24) is 0 Å². The normalized spacial score (nSPS) is 13.2. The van der Waals surface area contributed by atoms with E-state index < -0.39 is 35.7 Å². The summed E-state index contributed by atoms with van der Waals surface area (Å²) in [6, 6.07) is 28.2. The molecule has 0 atom stereocenters. The number of hydrogen-bond donors (Lipinski definition) is 2. The number of benzene rings is 6. The molecule has 0 aromatic heterocycles. The summed E-state index contributed by atoms with van der Waals surface area (Å²) in [5, 5.41) is 25.2. The molecule has 7 heteroatoms. The number of aromatic hydroxyl groups is 2. The SMILES string of the molecule is Cc1cc(-c2cc(C(C)(C)C)cc(C(C)(C)C)c2)c(O)c(-c2c(O[CH2][Ge]([CH2]Oc3ccc(C(C)(C)C)c(F)c3-c3cc(C)cc(-c4cc(C(C)(C)C)cc(C(C)(C)C)c4)c3O)([CH](C)C)[CH](C)C)ccc(C(C)(C)C)c2F)c1. The molecule has 4 nitrogen and oxygen atoms in total. The van der Waals surface area contributed by atoms with Crippen LogP contribution in [0.1, 0.15) is 197 Å². The van der Waals surface area contributed by atoms with Gasteiger partial charge in [0.2, 0.25) is 0 Å². The summed E-state index contributed by atoms with van der Waals surface area (Å²) in [7, 11) is 0. The van der Waals surface area contributed by atoms with Gasteiger partial charge in [-0.3, -0.25) is 0 Å². The summed E-state index contributed by atoms with van der Waals surface area (Å²) < 4.78 is 50.0. The summed E-state index contributed by atoms with van der Waals surface area (Å²) in [5.41, 5.74) is 10.5. The molecule has 2 N–H and O–H groups in total. The van der Waals surface area contributed by atoms with Gasteiger partial charge in [0, 0.05) is 0 Å². The van der Waals surface area contributed by atoms with Gasteiger partial charge >= 0.3 is 469 Å². The maximum atomic E-state index is 17.8. The number of ether oxygens (including phenoxy) is 2. The maximum absolute atomic E-state index is 17.8. The molecule has 416 valence electrons. The predicted octanol–water partition coefficient (Wildman–Crippen LogP) is 20.3. The van der Waals surface area contributed by atoms with Crippen LogP contribution in [0.25, 0.3) is 44.5 Å². The summed E-state index contributed by atoms with van der Waals surface area (Å²) in [6.45, 7) is 51.2. The molecule has 0 saturated carbocycles. The van der Waals surface area contributed by atoms with Crippen LogP contribution in [0.4, 0.5) is 8.78 Å². The van der Waals surface area contributed by atoms with Crippen molar-refractivity contribution in [2.45, 2.75) is 208 Å². The molecule has 6 aromatic rings. The summed E-state index contributed by atoms with van der Waals surface area (Å²) in [6.07, 6.45) is 0. The zero-order chi connectivity index (χ0) is 58.1. The standard InChI is InChI=1S/C70H94F2GeO4/c1-41(2)73(42(3)4,39-76-57-27-25-55(69(19,20)21)61(71)59(57)53-31-43(5)29-51(63(53)74)45-33-47(65(7,8)9)37-48(34-45)66(10,11)12)40-77-58-28-26-56(70(22,23)24)62(72)60(58)54-32-44(6)30-52(64(54)75)46-35-49(67(13,14)15)38-50(36-46)68(16,17)18/h25-38,41-42,74-75H,39-40H2,1-24H3. The van der Waals surface area contributed by atoms with Crippen LogP contribution < -0.4 is 9.47 Å². The fourth-order valence-electron chi connectivity index (χ4n) is 10.5. The fourth-order valence-corrected chi connectivity index (χ4v) is 18.0. The molecule has 0 aliphatic carbocycles. The quantitative estimate of drug-likeness (QED) is 0.120. The van der Waals surface area contributed by atoms with Crippen molar-refractivity contribution in [3.8, 4) is 67.5 Å². The second kappa shape index (κ2) is 21.5. The van der Waals surface area contributed by atoms with Gasteiger partial charge in [-0.25, -0.2) is 0 Å². The molecule has 0 radical (unpaired) electrons. The van der Waals surface area contributed by atoms with Crippen LogP contribution in [0.3, 0.4) is 0 Å². The summed E-state index contributed by atoms with van der Waals surface area (Å²) in [4.78, 5) is 0. The first-order valence-electron chi connectivity index (χ1n) is 28.0. The van der Waals surface area contributed by atoms with Crippen LogP contribution >= 0.6 is 0 Å². The van der Waals surface area contributed by atoms with Gasteiger partial charge in [-0.2, -0.15) is 0 Å². The first kappa shape index (κ1) is 61.1. The van der Waals surface area contributed by atoms with E-state index in [0.717, 1.165) is 44.5 Å². The molecular weight excluding hydrogens is 1020 g/mol. The van der Waals surface area contributed by atoms with E-state index >= 15 is 8.78 Å². The number of hydrogen-bond acceptors (Lipinski definition) is 4. The van der Waals surface area contributed by atoms with E-state index in [4.69, 9.17) is 9.47 Å². The van der Waals surface area contributed by atoms with Crippen molar-refractivity contribution < 1.29 is 28.5 Å². The van der Waals surface area contributed by atoms with Crippen LogP contribution in [-0.2, 0) is 32.5 Å². The van der Waals surface area contributed by atoms with Crippen molar-refractivity contribution in [3.05, 3.63) is 141 Å². The molecule has 0 amide bonds. The summed E-state index contributed by atoms with van der Waals surface area (Å²) >= 11 is -3.51. The Labute approximate surface area is 466 Å². The zero-order valence-corrected chi connectivity index (χ0v) is 53.7. The average Bonchev–Trinajstić information content (AvgIpc) is 3.28. The topological polar surface area (TPSA) is 58.9 Å². The molecule has 77 heavy (non-hydrogen) atoms. The third kappa shape index (κ3) is 13.0. The van der Waals surface area contributed by atoms with Crippen molar-refractivity contribution in [2.75, 3.05) is 10.9 Å². The molecule has 6 aromatic carbocycles. The fraction of sp³-hybridized carbons (Fsp3) is 0.486. The molecule has 0 unspecified atom stereocenters. The van der Waals surface area contributed by atoms with Crippen molar-refractivity contribution in [1.29, 1.82) is 0 Å². The van der Waals surface area contributed by atoms with Gasteiger partial charge in [-0.1, -0.05) is 0 Å². The van der Waals surface area contributed by atoms with Crippen LogP contribution in [0.5, 0.6) is 23.0 Å². The van der Waals surface area contributed by atoms with Crippen LogP contribution in [0.15, 0.2) is 84.9 Å². The van der Waals surface area contributed by atoms with E-state index in [9.17, 15) is 10.2 Å². The van der Waals surface area contributed by atoms with E-state index in [-0.39, 0.29) is 53.8 Å². The Balaban J connectivity index is 1.51. The Morgan fingerprint density at radius 3 is 0.922 bits per heavy atom. The molecule has 0 aliphatic rings. The van der Waals surface area contributed by atoms with Gasteiger partial charge < -0.3 is 0 Å². The molecule has 0 heterocycles. The van der Waals surface area contributed by atoms with E-state index in [1.165, 1.54) is 0 Å². The Morgan fingerprint density at radius 1 is 0.403 bits per heavy atom. The Hall–Kier alpha value is -5.08. The summed E-state index contributed by atoms with van der Waals surface area (Å²) in [5.74, 6) is -0.178. The molecule has 6 rings (SSSR count). The van der Waals surface area contributed by atoms with E-state index in [0.29, 0.717) is 55.8 Å². The van der Waals surface area contributed by atoms with Gasteiger partial charge in [0.05, 0.1) is 0 Å². The van der Waals surface area contributed by atoms with Gasteiger partial charge in [-0.05, 0) is 0 Å². The second-order valence-electron chi connectivity index (χ2n) is 29.2. The first-order chi connectivity index (χ1) is 35.1. The molecule has 0 saturated heterocycles. The van der Waals surface area contributed by atoms with Gasteiger partial charge in [0.15, 0.2) is 0 Å².